The first kappa shape index (κ1) is 12.9. The van der Waals surface area contributed by atoms with Gasteiger partial charge in [0.1, 0.15) is 0 Å². The smallest absolute Gasteiger partial charge is 0.0990 e. The number of β-amino-alcohol motifs (C(OH)–C–C–N with tert-alkyl or cyclic N) is 2. The predicted octanol–water partition coefficient (Wildman–Crippen LogP) is 0.789. The summed E-state index contributed by atoms with van der Waals surface area (Å²) < 4.78 is 0. The van der Waals surface area contributed by atoms with Crippen LogP contribution in [0.25, 0.3) is 0 Å². The molecule has 4 nitrogen and oxygen atoms in total. The SMILES string of the molecule is Cc1cc(CNC2CC2)ccc1N1CC(O)C(O)C1. The minimum Gasteiger partial charge on any atom is -0.389 e. The van der Waals surface area contributed by atoms with Crippen molar-refractivity contribution in [3.8, 4) is 0 Å². The third kappa shape index (κ3) is 2.91. The Morgan fingerprint density at radius 1 is 1.21 bits per heavy atom. The molecule has 3 rings (SSSR count). The van der Waals surface area contributed by atoms with Gasteiger partial charge in [-0.15, -0.1) is 0 Å². The van der Waals surface area contributed by atoms with E-state index in [0.717, 1.165) is 18.3 Å². The summed E-state index contributed by atoms with van der Waals surface area (Å²) in [6.07, 6.45) is 1.35. The van der Waals surface area contributed by atoms with Crippen molar-refractivity contribution in [2.24, 2.45) is 0 Å². The zero-order chi connectivity index (χ0) is 13.4. The molecule has 1 aromatic carbocycles. The number of rotatable bonds is 4. The number of aliphatic hydroxyl groups is 2. The molecule has 0 radical (unpaired) electrons. The van der Waals surface area contributed by atoms with Crippen LogP contribution in [0.1, 0.15) is 24.0 Å². The monoisotopic (exact) mass is 262 g/mol. The van der Waals surface area contributed by atoms with E-state index in [1.54, 1.807) is 0 Å². The Morgan fingerprint density at radius 2 is 1.89 bits per heavy atom. The van der Waals surface area contributed by atoms with Crippen molar-refractivity contribution in [2.45, 2.75) is 44.6 Å². The molecule has 2 unspecified atom stereocenters. The van der Waals surface area contributed by atoms with E-state index < -0.39 is 12.2 Å². The van der Waals surface area contributed by atoms with Crippen molar-refractivity contribution in [1.29, 1.82) is 0 Å². The average Bonchev–Trinajstić information content (AvgIpc) is 3.14. The quantitative estimate of drug-likeness (QED) is 0.751. The molecule has 0 aromatic heterocycles. The molecule has 0 amide bonds. The number of aliphatic hydroxyl groups excluding tert-OH is 2. The predicted molar refractivity (Wildman–Crippen MR) is 75.3 cm³/mol. The van der Waals surface area contributed by atoms with Gasteiger partial charge in [0.05, 0.1) is 12.2 Å². The molecule has 104 valence electrons. The van der Waals surface area contributed by atoms with E-state index >= 15 is 0 Å². The number of hydrogen-bond acceptors (Lipinski definition) is 4. The first-order valence-electron chi connectivity index (χ1n) is 7.07. The summed E-state index contributed by atoms with van der Waals surface area (Å²) in [4.78, 5) is 2.06. The minimum atomic E-state index is -0.629. The summed E-state index contributed by atoms with van der Waals surface area (Å²) in [5, 5.41) is 22.8. The molecular weight excluding hydrogens is 240 g/mol. The Kier molecular flexibility index (Phi) is 3.48. The van der Waals surface area contributed by atoms with Crippen LogP contribution in [0.4, 0.5) is 5.69 Å². The molecule has 1 saturated heterocycles. The van der Waals surface area contributed by atoms with Gasteiger partial charge in [0.25, 0.3) is 0 Å². The van der Waals surface area contributed by atoms with Crippen LogP contribution in [0.2, 0.25) is 0 Å². The molecular formula is C15H22N2O2. The van der Waals surface area contributed by atoms with E-state index in [9.17, 15) is 10.2 Å². The topological polar surface area (TPSA) is 55.7 Å². The largest absolute Gasteiger partial charge is 0.389 e. The summed E-state index contributed by atoms with van der Waals surface area (Å²) in [5.41, 5.74) is 3.62. The number of aryl methyl sites for hydroxylation is 1. The molecule has 4 heteroatoms. The second kappa shape index (κ2) is 5.12. The molecule has 3 N–H and O–H groups in total. The van der Waals surface area contributed by atoms with Gasteiger partial charge in [-0.25, -0.2) is 0 Å². The second-order valence-electron chi connectivity index (χ2n) is 5.82. The molecule has 1 aliphatic heterocycles. The number of hydrogen-bond donors (Lipinski definition) is 3. The molecule has 2 fully saturated rings. The van der Waals surface area contributed by atoms with Crippen molar-refractivity contribution >= 4 is 5.69 Å². The molecule has 1 aromatic rings. The highest BCUT2D eigenvalue weighted by molar-refractivity contribution is 5.55. The van der Waals surface area contributed by atoms with Crippen LogP contribution < -0.4 is 10.2 Å². The van der Waals surface area contributed by atoms with E-state index in [4.69, 9.17) is 0 Å². The number of nitrogens with zero attached hydrogens (tertiary/aromatic N) is 1. The summed E-state index contributed by atoms with van der Waals surface area (Å²) in [7, 11) is 0. The maximum atomic E-state index is 9.63. The van der Waals surface area contributed by atoms with Crippen LogP contribution in [-0.2, 0) is 6.54 Å². The van der Waals surface area contributed by atoms with E-state index in [2.05, 4.69) is 35.3 Å². The van der Waals surface area contributed by atoms with Gasteiger partial charge in [-0.1, -0.05) is 12.1 Å². The molecule has 19 heavy (non-hydrogen) atoms. The highest BCUT2D eigenvalue weighted by Crippen LogP contribution is 2.26. The fourth-order valence-corrected chi connectivity index (χ4v) is 2.70. The number of benzene rings is 1. The lowest BCUT2D eigenvalue weighted by atomic mass is 10.1. The van der Waals surface area contributed by atoms with Crippen LogP contribution >= 0.6 is 0 Å². The lowest BCUT2D eigenvalue weighted by Gasteiger charge is -2.21. The second-order valence-corrected chi connectivity index (χ2v) is 5.82. The summed E-state index contributed by atoms with van der Waals surface area (Å²) in [6, 6.07) is 7.16. The van der Waals surface area contributed by atoms with Crippen LogP contribution in [0, 0.1) is 6.92 Å². The van der Waals surface area contributed by atoms with Gasteiger partial charge in [0, 0.05) is 31.4 Å². The first-order valence-corrected chi connectivity index (χ1v) is 7.07. The molecule has 0 spiro atoms. The van der Waals surface area contributed by atoms with Gasteiger partial charge in [0.2, 0.25) is 0 Å². The van der Waals surface area contributed by atoms with Gasteiger partial charge in [-0.2, -0.15) is 0 Å². The third-order valence-corrected chi connectivity index (χ3v) is 4.03. The molecule has 1 aliphatic carbocycles. The van der Waals surface area contributed by atoms with Crippen molar-refractivity contribution in [3.63, 3.8) is 0 Å². The van der Waals surface area contributed by atoms with Gasteiger partial charge in [-0.05, 0) is 37.0 Å². The summed E-state index contributed by atoms with van der Waals surface area (Å²) >= 11 is 0. The lowest BCUT2D eigenvalue weighted by molar-refractivity contribution is 0.0572. The van der Waals surface area contributed by atoms with Crippen LogP contribution in [0.5, 0.6) is 0 Å². The average molecular weight is 262 g/mol. The van der Waals surface area contributed by atoms with Crippen LogP contribution in [-0.4, -0.2) is 41.6 Å². The zero-order valence-corrected chi connectivity index (χ0v) is 11.3. The maximum Gasteiger partial charge on any atom is 0.0990 e. The normalized spacial score (nSPS) is 27.0. The highest BCUT2D eigenvalue weighted by Gasteiger charge is 2.30. The summed E-state index contributed by atoms with van der Waals surface area (Å²) in [5.74, 6) is 0. The fraction of sp³-hybridized carbons (Fsp3) is 0.600. The number of nitrogens with one attached hydrogen (secondary N) is 1. The molecule has 2 atom stereocenters. The first-order chi connectivity index (χ1) is 9.13. The van der Waals surface area contributed by atoms with Crippen molar-refractivity contribution < 1.29 is 10.2 Å². The molecule has 0 bridgehead atoms. The van der Waals surface area contributed by atoms with Crippen LogP contribution in [0.3, 0.4) is 0 Å². The van der Waals surface area contributed by atoms with E-state index in [1.165, 1.54) is 24.0 Å². The van der Waals surface area contributed by atoms with Gasteiger partial charge >= 0.3 is 0 Å². The highest BCUT2D eigenvalue weighted by atomic mass is 16.3. The van der Waals surface area contributed by atoms with Crippen molar-refractivity contribution in [3.05, 3.63) is 29.3 Å². The van der Waals surface area contributed by atoms with Gasteiger partial charge < -0.3 is 20.4 Å². The molecule has 1 heterocycles. The van der Waals surface area contributed by atoms with Gasteiger partial charge in [-0.3, -0.25) is 0 Å². The Morgan fingerprint density at radius 3 is 2.47 bits per heavy atom. The lowest BCUT2D eigenvalue weighted by Crippen LogP contribution is -2.22. The Balaban J connectivity index is 1.68. The van der Waals surface area contributed by atoms with Crippen molar-refractivity contribution in [2.75, 3.05) is 18.0 Å². The Hall–Kier alpha value is -1.10. The van der Waals surface area contributed by atoms with E-state index in [0.29, 0.717) is 13.1 Å². The van der Waals surface area contributed by atoms with Crippen LogP contribution in [0.15, 0.2) is 18.2 Å². The third-order valence-electron chi connectivity index (χ3n) is 4.03. The van der Waals surface area contributed by atoms with Gasteiger partial charge in [0.15, 0.2) is 0 Å². The molecule has 2 aliphatic rings. The number of anilines is 1. The maximum absolute atomic E-state index is 9.63. The zero-order valence-electron chi connectivity index (χ0n) is 11.3. The summed E-state index contributed by atoms with van der Waals surface area (Å²) in [6.45, 7) is 4.05. The van der Waals surface area contributed by atoms with E-state index in [1.807, 2.05) is 0 Å². The minimum absolute atomic E-state index is 0.516. The Bertz CT molecular complexity index is 449. The standard InChI is InChI=1S/C15H22N2O2/c1-10-6-11(7-16-12-3-4-12)2-5-13(10)17-8-14(18)15(19)9-17/h2,5-6,12,14-16,18-19H,3-4,7-9H2,1H3. The Labute approximate surface area is 114 Å². The van der Waals surface area contributed by atoms with E-state index in [-0.39, 0.29) is 0 Å². The van der Waals surface area contributed by atoms with Crippen molar-refractivity contribution in [1.82, 2.24) is 5.32 Å². The molecule has 1 saturated carbocycles. The fourth-order valence-electron chi connectivity index (χ4n) is 2.70.